The first-order valence-electron chi connectivity index (χ1n) is 4.29. The van der Waals surface area contributed by atoms with E-state index in [0.29, 0.717) is 0 Å². The number of amides is 1. The molecule has 14 heavy (non-hydrogen) atoms. The van der Waals surface area contributed by atoms with Crippen LogP contribution in [0.1, 0.15) is 6.92 Å². The number of rotatable bonds is 3. The van der Waals surface area contributed by atoms with E-state index in [4.69, 9.17) is 4.74 Å². The predicted octanol–water partition coefficient (Wildman–Crippen LogP) is 1.18. The van der Waals surface area contributed by atoms with Crippen LogP contribution in [0.15, 0.2) is 24.3 Å². The number of carbonyl (C=O) groups excluding carboxylic acids is 1. The second-order valence-electron chi connectivity index (χ2n) is 2.90. The molecule has 0 fully saturated rings. The SMILES string of the molecule is COc1ccccc1N(C)NC(C)=O. The Balaban J connectivity index is 2.87. The number of benzene rings is 1. The first kappa shape index (κ1) is 10.4. The Morgan fingerprint density at radius 2 is 2.07 bits per heavy atom. The van der Waals surface area contributed by atoms with E-state index in [9.17, 15) is 4.79 Å². The first-order valence-corrected chi connectivity index (χ1v) is 4.29. The summed E-state index contributed by atoms with van der Waals surface area (Å²) in [6, 6.07) is 7.47. The van der Waals surface area contributed by atoms with E-state index in [0.717, 1.165) is 11.4 Å². The van der Waals surface area contributed by atoms with Crippen LogP contribution < -0.4 is 15.2 Å². The molecule has 0 heterocycles. The van der Waals surface area contributed by atoms with Crippen molar-refractivity contribution in [3.8, 4) is 5.75 Å². The Bertz CT molecular complexity index is 326. The fourth-order valence-corrected chi connectivity index (χ4v) is 1.20. The molecule has 4 nitrogen and oxygen atoms in total. The van der Waals surface area contributed by atoms with E-state index in [1.165, 1.54) is 6.92 Å². The van der Waals surface area contributed by atoms with Gasteiger partial charge in [-0.1, -0.05) is 12.1 Å². The van der Waals surface area contributed by atoms with E-state index < -0.39 is 0 Å². The van der Waals surface area contributed by atoms with Crippen molar-refractivity contribution >= 4 is 11.6 Å². The van der Waals surface area contributed by atoms with Crippen LogP contribution in [-0.4, -0.2) is 20.1 Å². The minimum atomic E-state index is -0.113. The van der Waals surface area contributed by atoms with Gasteiger partial charge in [0.05, 0.1) is 12.8 Å². The summed E-state index contributed by atoms with van der Waals surface area (Å²) in [6.45, 7) is 1.46. The molecule has 0 aliphatic carbocycles. The number of para-hydroxylation sites is 2. The zero-order chi connectivity index (χ0) is 10.6. The van der Waals surface area contributed by atoms with Crippen molar-refractivity contribution in [3.63, 3.8) is 0 Å². The van der Waals surface area contributed by atoms with Gasteiger partial charge < -0.3 is 4.74 Å². The van der Waals surface area contributed by atoms with Gasteiger partial charge in [0.1, 0.15) is 5.75 Å². The molecular weight excluding hydrogens is 180 g/mol. The highest BCUT2D eigenvalue weighted by atomic mass is 16.5. The summed E-state index contributed by atoms with van der Waals surface area (Å²) in [5.74, 6) is 0.613. The first-order chi connectivity index (χ1) is 6.65. The summed E-state index contributed by atoms with van der Waals surface area (Å²) in [5, 5.41) is 1.63. The quantitative estimate of drug-likeness (QED) is 0.735. The molecule has 4 heteroatoms. The van der Waals surface area contributed by atoms with Crippen molar-refractivity contribution in [2.45, 2.75) is 6.92 Å². The van der Waals surface area contributed by atoms with Crippen LogP contribution in [-0.2, 0) is 4.79 Å². The summed E-state index contributed by atoms with van der Waals surface area (Å²) < 4.78 is 5.16. The summed E-state index contributed by atoms with van der Waals surface area (Å²) in [4.78, 5) is 10.8. The lowest BCUT2D eigenvalue weighted by atomic mass is 10.3. The number of nitrogens with zero attached hydrogens (tertiary/aromatic N) is 1. The Labute approximate surface area is 83.4 Å². The zero-order valence-corrected chi connectivity index (χ0v) is 8.57. The van der Waals surface area contributed by atoms with Crippen LogP contribution in [0.5, 0.6) is 5.75 Å². The average Bonchev–Trinajstić information content (AvgIpc) is 2.16. The third-order valence-corrected chi connectivity index (χ3v) is 1.77. The van der Waals surface area contributed by atoms with Gasteiger partial charge in [-0.2, -0.15) is 0 Å². The molecule has 0 radical (unpaired) electrons. The van der Waals surface area contributed by atoms with Gasteiger partial charge in [-0.25, -0.2) is 0 Å². The van der Waals surface area contributed by atoms with Crippen LogP contribution >= 0.6 is 0 Å². The van der Waals surface area contributed by atoms with E-state index >= 15 is 0 Å². The van der Waals surface area contributed by atoms with E-state index in [1.807, 2.05) is 24.3 Å². The Kier molecular flexibility index (Phi) is 3.34. The van der Waals surface area contributed by atoms with Crippen molar-refractivity contribution in [2.75, 3.05) is 19.2 Å². The second kappa shape index (κ2) is 4.50. The molecule has 1 amide bonds. The summed E-state index contributed by atoms with van der Waals surface area (Å²) in [7, 11) is 3.36. The van der Waals surface area contributed by atoms with Gasteiger partial charge >= 0.3 is 0 Å². The smallest absolute Gasteiger partial charge is 0.235 e. The van der Waals surface area contributed by atoms with Crippen molar-refractivity contribution in [1.29, 1.82) is 0 Å². The van der Waals surface area contributed by atoms with Crippen LogP contribution in [0.25, 0.3) is 0 Å². The standard InChI is InChI=1S/C10H14N2O2/c1-8(13)11-12(2)9-6-4-5-7-10(9)14-3/h4-7H,1-3H3,(H,11,13). The van der Waals surface area contributed by atoms with Crippen molar-refractivity contribution in [1.82, 2.24) is 5.43 Å². The molecule has 0 atom stereocenters. The average molecular weight is 194 g/mol. The van der Waals surface area contributed by atoms with Crippen LogP contribution in [0.3, 0.4) is 0 Å². The van der Waals surface area contributed by atoms with Crippen molar-refractivity contribution in [2.24, 2.45) is 0 Å². The van der Waals surface area contributed by atoms with Gasteiger partial charge in [-0.15, -0.1) is 0 Å². The van der Waals surface area contributed by atoms with Crippen LogP contribution in [0.4, 0.5) is 5.69 Å². The van der Waals surface area contributed by atoms with Gasteiger partial charge in [-0.05, 0) is 12.1 Å². The van der Waals surface area contributed by atoms with Gasteiger partial charge in [0.2, 0.25) is 5.91 Å². The van der Waals surface area contributed by atoms with E-state index in [-0.39, 0.29) is 5.91 Å². The molecule has 0 unspecified atom stereocenters. The maximum atomic E-state index is 10.8. The molecule has 1 N–H and O–H groups in total. The Morgan fingerprint density at radius 3 is 2.64 bits per heavy atom. The lowest BCUT2D eigenvalue weighted by Crippen LogP contribution is -2.37. The number of ether oxygens (including phenoxy) is 1. The summed E-state index contributed by atoms with van der Waals surface area (Å²) >= 11 is 0. The Morgan fingerprint density at radius 1 is 1.43 bits per heavy atom. The lowest BCUT2D eigenvalue weighted by Gasteiger charge is -2.21. The van der Waals surface area contributed by atoms with Gasteiger partial charge in [0, 0.05) is 14.0 Å². The Hall–Kier alpha value is -1.71. The third kappa shape index (κ3) is 2.39. The van der Waals surface area contributed by atoms with E-state index in [1.54, 1.807) is 19.2 Å². The minimum Gasteiger partial charge on any atom is -0.495 e. The number of hydrogen-bond donors (Lipinski definition) is 1. The number of hydrogen-bond acceptors (Lipinski definition) is 3. The van der Waals surface area contributed by atoms with E-state index in [2.05, 4.69) is 5.43 Å². The zero-order valence-electron chi connectivity index (χ0n) is 8.57. The molecule has 0 spiro atoms. The highest BCUT2D eigenvalue weighted by molar-refractivity contribution is 5.75. The second-order valence-corrected chi connectivity index (χ2v) is 2.90. The fourth-order valence-electron chi connectivity index (χ4n) is 1.20. The molecule has 0 saturated carbocycles. The predicted molar refractivity (Wildman–Crippen MR) is 55.2 cm³/mol. The molecule has 1 aromatic rings. The maximum Gasteiger partial charge on any atom is 0.235 e. The largest absolute Gasteiger partial charge is 0.495 e. The number of methoxy groups -OCH3 is 1. The minimum absolute atomic E-state index is 0.113. The normalized spacial score (nSPS) is 9.36. The summed E-state index contributed by atoms with van der Waals surface area (Å²) in [6.07, 6.45) is 0. The van der Waals surface area contributed by atoms with Crippen molar-refractivity contribution in [3.05, 3.63) is 24.3 Å². The third-order valence-electron chi connectivity index (χ3n) is 1.77. The molecule has 0 aromatic heterocycles. The lowest BCUT2D eigenvalue weighted by molar-refractivity contribution is -0.119. The molecule has 1 aromatic carbocycles. The number of anilines is 1. The fraction of sp³-hybridized carbons (Fsp3) is 0.300. The number of carbonyl (C=O) groups is 1. The highest BCUT2D eigenvalue weighted by Crippen LogP contribution is 2.25. The molecule has 0 aliphatic heterocycles. The molecule has 0 bridgehead atoms. The molecular formula is C10H14N2O2. The maximum absolute atomic E-state index is 10.8. The summed E-state index contributed by atoms with van der Waals surface area (Å²) in [5.41, 5.74) is 3.47. The number of nitrogens with one attached hydrogen (secondary N) is 1. The van der Waals surface area contributed by atoms with Crippen LogP contribution in [0, 0.1) is 0 Å². The van der Waals surface area contributed by atoms with Gasteiger partial charge in [-0.3, -0.25) is 15.2 Å². The van der Waals surface area contributed by atoms with Crippen molar-refractivity contribution < 1.29 is 9.53 Å². The van der Waals surface area contributed by atoms with Crippen LogP contribution in [0.2, 0.25) is 0 Å². The highest BCUT2D eigenvalue weighted by Gasteiger charge is 2.07. The monoisotopic (exact) mass is 194 g/mol. The molecule has 76 valence electrons. The molecule has 1 rings (SSSR count). The molecule has 0 aliphatic rings. The van der Waals surface area contributed by atoms with Gasteiger partial charge in [0.25, 0.3) is 0 Å². The topological polar surface area (TPSA) is 41.6 Å². The molecule has 0 saturated heterocycles. The van der Waals surface area contributed by atoms with Gasteiger partial charge in [0.15, 0.2) is 0 Å². The number of hydrazine groups is 1.